The Hall–Kier alpha value is -0.380. The molecule has 1 heterocycles. The van der Waals surface area contributed by atoms with Crippen molar-refractivity contribution in [2.45, 2.75) is 32.4 Å². The third kappa shape index (κ3) is 4.22. The molecule has 0 atom stereocenters. The van der Waals surface area contributed by atoms with Crippen LogP contribution in [0.15, 0.2) is 16.8 Å². The number of nitrogens with one attached hydrogen (secondary N) is 1. The van der Waals surface area contributed by atoms with Gasteiger partial charge < -0.3 is 10.1 Å². The minimum atomic E-state index is -0.0123. The summed E-state index contributed by atoms with van der Waals surface area (Å²) in [5, 5.41) is 7.69. The first-order valence-corrected chi connectivity index (χ1v) is 5.85. The summed E-state index contributed by atoms with van der Waals surface area (Å²) in [6.45, 7) is 6.18. The average molecular weight is 213 g/mol. The third-order valence-electron chi connectivity index (χ3n) is 2.37. The first kappa shape index (κ1) is 11.7. The fraction of sp³-hybridized carbons (Fsp3) is 0.636. The molecule has 0 aliphatic carbocycles. The Kier molecular flexibility index (Phi) is 4.58. The summed E-state index contributed by atoms with van der Waals surface area (Å²) < 4.78 is 5.34. The molecule has 1 N–H and O–H groups in total. The van der Waals surface area contributed by atoms with Gasteiger partial charge in [0.2, 0.25) is 0 Å². The lowest BCUT2D eigenvalue weighted by atomic mass is 10.1. The SMILES string of the molecule is COC(C)(C)CCNCc1ccsc1. The quantitative estimate of drug-likeness (QED) is 0.734. The molecule has 0 aromatic carbocycles. The molecule has 0 saturated carbocycles. The summed E-state index contributed by atoms with van der Waals surface area (Å²) in [5.74, 6) is 0. The van der Waals surface area contributed by atoms with Gasteiger partial charge in [-0.05, 0) is 49.2 Å². The van der Waals surface area contributed by atoms with Crippen molar-refractivity contribution in [1.29, 1.82) is 0 Å². The maximum Gasteiger partial charge on any atom is 0.0634 e. The van der Waals surface area contributed by atoms with Crippen LogP contribution in [-0.2, 0) is 11.3 Å². The van der Waals surface area contributed by atoms with Gasteiger partial charge in [-0.2, -0.15) is 11.3 Å². The molecule has 0 unspecified atom stereocenters. The molecule has 2 nitrogen and oxygen atoms in total. The summed E-state index contributed by atoms with van der Waals surface area (Å²) in [4.78, 5) is 0. The van der Waals surface area contributed by atoms with E-state index in [1.165, 1.54) is 5.56 Å². The monoisotopic (exact) mass is 213 g/mol. The summed E-state index contributed by atoms with van der Waals surface area (Å²) in [7, 11) is 1.76. The van der Waals surface area contributed by atoms with Gasteiger partial charge in [-0.15, -0.1) is 0 Å². The lowest BCUT2D eigenvalue weighted by molar-refractivity contribution is 0.0158. The Morgan fingerprint density at radius 1 is 1.50 bits per heavy atom. The molecule has 1 rings (SSSR count). The van der Waals surface area contributed by atoms with Gasteiger partial charge in [0, 0.05) is 13.7 Å². The molecule has 1 aromatic heterocycles. The van der Waals surface area contributed by atoms with Gasteiger partial charge in [-0.3, -0.25) is 0 Å². The van der Waals surface area contributed by atoms with E-state index in [4.69, 9.17) is 4.74 Å². The highest BCUT2D eigenvalue weighted by molar-refractivity contribution is 7.07. The molecule has 0 spiro atoms. The van der Waals surface area contributed by atoms with Gasteiger partial charge in [-0.1, -0.05) is 0 Å². The van der Waals surface area contributed by atoms with Crippen molar-refractivity contribution in [3.8, 4) is 0 Å². The molecule has 0 aliphatic rings. The number of hydrogen-bond acceptors (Lipinski definition) is 3. The molecule has 80 valence electrons. The second-order valence-corrected chi connectivity index (χ2v) is 4.80. The molecule has 0 radical (unpaired) electrons. The topological polar surface area (TPSA) is 21.3 Å². The van der Waals surface area contributed by atoms with E-state index in [1.54, 1.807) is 18.4 Å². The molecule has 0 aliphatic heterocycles. The fourth-order valence-corrected chi connectivity index (χ4v) is 1.79. The number of ether oxygens (including phenoxy) is 1. The number of hydrogen-bond donors (Lipinski definition) is 1. The first-order valence-electron chi connectivity index (χ1n) is 4.91. The molecular weight excluding hydrogens is 194 g/mol. The van der Waals surface area contributed by atoms with Crippen molar-refractivity contribution in [1.82, 2.24) is 5.32 Å². The lowest BCUT2D eigenvalue weighted by Crippen LogP contribution is -2.28. The molecular formula is C11H19NOS. The number of thiophene rings is 1. The minimum Gasteiger partial charge on any atom is -0.379 e. The smallest absolute Gasteiger partial charge is 0.0634 e. The Bertz CT molecular complexity index is 244. The molecule has 0 bridgehead atoms. The van der Waals surface area contributed by atoms with Crippen LogP contribution in [0.4, 0.5) is 0 Å². The summed E-state index contributed by atoms with van der Waals surface area (Å²) in [6, 6.07) is 2.15. The highest BCUT2D eigenvalue weighted by atomic mass is 32.1. The predicted octanol–water partition coefficient (Wildman–Crippen LogP) is 2.65. The van der Waals surface area contributed by atoms with E-state index < -0.39 is 0 Å². The van der Waals surface area contributed by atoms with Crippen LogP contribution < -0.4 is 5.32 Å². The third-order valence-corrected chi connectivity index (χ3v) is 3.10. The Morgan fingerprint density at radius 2 is 2.29 bits per heavy atom. The van der Waals surface area contributed by atoms with E-state index >= 15 is 0 Å². The van der Waals surface area contributed by atoms with Crippen LogP contribution in [-0.4, -0.2) is 19.3 Å². The molecule has 0 fully saturated rings. The predicted molar refractivity (Wildman–Crippen MR) is 61.7 cm³/mol. The highest BCUT2D eigenvalue weighted by Crippen LogP contribution is 2.11. The number of rotatable bonds is 6. The molecule has 0 amide bonds. The van der Waals surface area contributed by atoms with Crippen molar-refractivity contribution in [2.75, 3.05) is 13.7 Å². The maximum atomic E-state index is 5.34. The zero-order chi connectivity index (χ0) is 10.4. The zero-order valence-electron chi connectivity index (χ0n) is 9.17. The van der Waals surface area contributed by atoms with Crippen LogP contribution in [0.5, 0.6) is 0 Å². The van der Waals surface area contributed by atoms with Gasteiger partial charge in [0.05, 0.1) is 5.60 Å². The summed E-state index contributed by atoms with van der Waals surface area (Å²) >= 11 is 1.74. The second kappa shape index (κ2) is 5.49. The summed E-state index contributed by atoms with van der Waals surface area (Å²) in [6.07, 6.45) is 1.04. The van der Waals surface area contributed by atoms with Gasteiger partial charge in [0.1, 0.15) is 0 Å². The van der Waals surface area contributed by atoms with Gasteiger partial charge in [0.25, 0.3) is 0 Å². The van der Waals surface area contributed by atoms with Crippen LogP contribution in [0.25, 0.3) is 0 Å². The van der Waals surface area contributed by atoms with Crippen molar-refractivity contribution in [3.05, 3.63) is 22.4 Å². The molecule has 3 heteroatoms. The van der Waals surface area contributed by atoms with Gasteiger partial charge in [0.15, 0.2) is 0 Å². The van der Waals surface area contributed by atoms with Crippen LogP contribution in [0.2, 0.25) is 0 Å². The van der Waals surface area contributed by atoms with Crippen LogP contribution in [0.3, 0.4) is 0 Å². The van der Waals surface area contributed by atoms with E-state index in [2.05, 4.69) is 36.0 Å². The molecule has 14 heavy (non-hydrogen) atoms. The second-order valence-electron chi connectivity index (χ2n) is 4.02. The normalized spacial score (nSPS) is 11.9. The van der Waals surface area contributed by atoms with Crippen molar-refractivity contribution >= 4 is 11.3 Å². The van der Waals surface area contributed by atoms with Crippen molar-refractivity contribution < 1.29 is 4.74 Å². The summed E-state index contributed by atoms with van der Waals surface area (Å²) in [5.41, 5.74) is 1.35. The van der Waals surface area contributed by atoms with Gasteiger partial charge in [-0.25, -0.2) is 0 Å². The lowest BCUT2D eigenvalue weighted by Gasteiger charge is -2.22. The minimum absolute atomic E-state index is 0.0123. The Balaban J connectivity index is 2.11. The van der Waals surface area contributed by atoms with Crippen LogP contribution >= 0.6 is 11.3 Å². The van der Waals surface area contributed by atoms with E-state index in [1.807, 2.05) is 0 Å². The van der Waals surface area contributed by atoms with Crippen molar-refractivity contribution in [2.24, 2.45) is 0 Å². The zero-order valence-corrected chi connectivity index (χ0v) is 9.99. The van der Waals surface area contributed by atoms with Gasteiger partial charge >= 0.3 is 0 Å². The standard InChI is InChI=1S/C11H19NOS/c1-11(2,13-3)5-6-12-8-10-4-7-14-9-10/h4,7,9,12H,5-6,8H2,1-3H3. The van der Waals surface area contributed by atoms with E-state index in [0.717, 1.165) is 19.5 Å². The van der Waals surface area contributed by atoms with Crippen molar-refractivity contribution in [3.63, 3.8) is 0 Å². The van der Waals surface area contributed by atoms with E-state index in [0.29, 0.717) is 0 Å². The van der Waals surface area contributed by atoms with Crippen LogP contribution in [0, 0.1) is 0 Å². The Labute approximate surface area is 90.3 Å². The van der Waals surface area contributed by atoms with Crippen LogP contribution in [0.1, 0.15) is 25.8 Å². The molecule has 0 saturated heterocycles. The largest absolute Gasteiger partial charge is 0.379 e. The molecule has 1 aromatic rings. The maximum absolute atomic E-state index is 5.34. The first-order chi connectivity index (χ1) is 6.64. The number of methoxy groups -OCH3 is 1. The average Bonchev–Trinajstić information content (AvgIpc) is 2.65. The fourth-order valence-electron chi connectivity index (χ4n) is 1.12. The highest BCUT2D eigenvalue weighted by Gasteiger charge is 2.14. The Morgan fingerprint density at radius 3 is 2.86 bits per heavy atom. The van der Waals surface area contributed by atoms with E-state index in [-0.39, 0.29) is 5.60 Å². The van der Waals surface area contributed by atoms with E-state index in [9.17, 15) is 0 Å².